The minimum absolute atomic E-state index is 0.0349. The predicted octanol–water partition coefficient (Wildman–Crippen LogP) is 3.56. The average molecular weight is 322 g/mol. The van der Waals surface area contributed by atoms with E-state index in [1.807, 2.05) is 13.0 Å². The molecule has 0 aromatic rings. The van der Waals surface area contributed by atoms with E-state index < -0.39 is 17.5 Å². The summed E-state index contributed by atoms with van der Waals surface area (Å²) >= 11 is 0. The Morgan fingerprint density at radius 3 is 2.39 bits per heavy atom. The molecular formula is C19H30O4. The number of hydrogen-bond donors (Lipinski definition) is 1. The molecule has 0 saturated heterocycles. The molecule has 2 unspecified atom stereocenters. The fourth-order valence-corrected chi connectivity index (χ4v) is 2.70. The van der Waals surface area contributed by atoms with Gasteiger partial charge in [0.1, 0.15) is 6.10 Å². The topological polar surface area (TPSA) is 55.8 Å². The second kappa shape index (κ2) is 6.71. The highest BCUT2D eigenvalue weighted by Gasteiger charge is 2.40. The Balaban J connectivity index is 3.17. The van der Waals surface area contributed by atoms with Crippen LogP contribution >= 0.6 is 0 Å². The number of carbonyl (C=O) groups is 1. The maximum atomic E-state index is 12.7. The van der Waals surface area contributed by atoms with Crippen LogP contribution in [0.4, 0.5) is 0 Å². The zero-order chi connectivity index (χ0) is 18.1. The maximum Gasteiger partial charge on any atom is 0.187 e. The lowest BCUT2D eigenvalue weighted by Crippen LogP contribution is -2.43. The summed E-state index contributed by atoms with van der Waals surface area (Å²) in [6, 6.07) is 0. The first kappa shape index (κ1) is 19.8. The molecule has 0 radical (unpaired) electrons. The lowest BCUT2D eigenvalue weighted by molar-refractivity contribution is -0.225. The monoisotopic (exact) mass is 322 g/mol. The highest BCUT2D eigenvalue weighted by Crippen LogP contribution is 2.41. The number of aliphatic hydroxyl groups is 1. The number of rotatable bonds is 6. The smallest absolute Gasteiger partial charge is 0.187 e. The van der Waals surface area contributed by atoms with E-state index in [1.54, 1.807) is 34.0 Å². The summed E-state index contributed by atoms with van der Waals surface area (Å²) in [5, 5.41) is 10.1. The van der Waals surface area contributed by atoms with E-state index in [-0.39, 0.29) is 11.2 Å². The lowest BCUT2D eigenvalue weighted by Gasteiger charge is -2.39. The molecule has 0 bridgehead atoms. The van der Waals surface area contributed by atoms with Crippen LogP contribution in [0, 0.1) is 5.41 Å². The molecule has 1 aliphatic rings. The molecular weight excluding hydrogens is 292 g/mol. The van der Waals surface area contributed by atoms with Gasteiger partial charge in [0.25, 0.3) is 0 Å². The first-order chi connectivity index (χ1) is 10.4. The predicted molar refractivity (Wildman–Crippen MR) is 92.0 cm³/mol. The quantitative estimate of drug-likeness (QED) is 0.600. The first-order valence-corrected chi connectivity index (χ1v) is 7.89. The second-order valence-electron chi connectivity index (χ2n) is 7.46. The van der Waals surface area contributed by atoms with Crippen LogP contribution in [-0.4, -0.2) is 35.5 Å². The molecule has 0 aromatic carbocycles. The Kier molecular flexibility index (Phi) is 5.79. The van der Waals surface area contributed by atoms with Crippen molar-refractivity contribution in [1.82, 2.24) is 0 Å². The van der Waals surface area contributed by atoms with Gasteiger partial charge in [0.2, 0.25) is 0 Å². The Hall–Kier alpha value is -1.23. The molecule has 0 spiro atoms. The van der Waals surface area contributed by atoms with Crippen molar-refractivity contribution in [1.29, 1.82) is 0 Å². The molecule has 0 saturated carbocycles. The summed E-state index contributed by atoms with van der Waals surface area (Å²) < 4.78 is 11.1. The molecule has 0 amide bonds. The van der Waals surface area contributed by atoms with Crippen molar-refractivity contribution >= 4 is 5.78 Å². The third-order valence-corrected chi connectivity index (χ3v) is 4.41. The Labute approximate surface area is 139 Å². The van der Waals surface area contributed by atoms with Gasteiger partial charge in [0.15, 0.2) is 11.6 Å². The molecule has 1 N–H and O–H groups in total. The third kappa shape index (κ3) is 4.87. The summed E-state index contributed by atoms with van der Waals surface area (Å²) in [7, 11) is 1.56. The van der Waals surface area contributed by atoms with Gasteiger partial charge in [-0.25, -0.2) is 0 Å². The van der Waals surface area contributed by atoms with Gasteiger partial charge in [-0.3, -0.25) is 4.79 Å². The van der Waals surface area contributed by atoms with E-state index in [1.165, 1.54) is 6.08 Å². The molecule has 0 aromatic heterocycles. The molecule has 130 valence electrons. The minimum Gasteiger partial charge on any atom is -0.382 e. The van der Waals surface area contributed by atoms with Gasteiger partial charge in [-0.05, 0) is 56.8 Å². The standard InChI is InChI=1S/C19H30O4/c1-9-19(7,21)11-10-14-13(2)16(20)15(12-17(14,3)4)23-18(5,6)22-8/h9-11,15,21H,1,12H2,2-8H3. The summed E-state index contributed by atoms with van der Waals surface area (Å²) in [4.78, 5) is 12.7. The van der Waals surface area contributed by atoms with Crippen LogP contribution in [0.5, 0.6) is 0 Å². The van der Waals surface area contributed by atoms with E-state index in [4.69, 9.17) is 9.47 Å². The molecule has 0 aliphatic heterocycles. The fraction of sp³-hybridized carbons (Fsp3) is 0.632. The van der Waals surface area contributed by atoms with Gasteiger partial charge in [0, 0.05) is 7.11 Å². The third-order valence-electron chi connectivity index (χ3n) is 4.41. The molecule has 2 atom stereocenters. The van der Waals surface area contributed by atoms with E-state index in [0.29, 0.717) is 12.0 Å². The average Bonchev–Trinajstić information content (AvgIpc) is 2.43. The maximum absolute atomic E-state index is 12.7. The number of methoxy groups -OCH3 is 1. The minimum atomic E-state index is -1.10. The van der Waals surface area contributed by atoms with Gasteiger partial charge in [0.05, 0.1) is 5.60 Å². The molecule has 4 heteroatoms. The van der Waals surface area contributed by atoms with Crippen molar-refractivity contribution < 1.29 is 19.4 Å². The largest absolute Gasteiger partial charge is 0.382 e. The molecule has 1 aliphatic carbocycles. The van der Waals surface area contributed by atoms with E-state index in [0.717, 1.165) is 5.57 Å². The molecule has 4 nitrogen and oxygen atoms in total. The zero-order valence-corrected chi connectivity index (χ0v) is 15.4. The van der Waals surface area contributed by atoms with Crippen molar-refractivity contribution in [2.24, 2.45) is 5.41 Å². The number of ether oxygens (including phenoxy) is 2. The van der Waals surface area contributed by atoms with Gasteiger partial charge in [-0.15, -0.1) is 0 Å². The van der Waals surface area contributed by atoms with Crippen LogP contribution in [-0.2, 0) is 14.3 Å². The van der Waals surface area contributed by atoms with Gasteiger partial charge < -0.3 is 14.6 Å². The summed E-state index contributed by atoms with van der Waals surface area (Å²) in [6.07, 6.45) is 4.98. The number of carbonyl (C=O) groups excluding carboxylic acids is 1. The Morgan fingerprint density at radius 2 is 1.91 bits per heavy atom. The number of allylic oxidation sites excluding steroid dienone is 2. The van der Waals surface area contributed by atoms with Crippen molar-refractivity contribution in [2.75, 3.05) is 7.11 Å². The van der Waals surface area contributed by atoms with Crippen molar-refractivity contribution in [3.8, 4) is 0 Å². The number of Topliss-reactive ketones (excluding diaryl/α,β-unsaturated/α-hetero) is 1. The van der Waals surface area contributed by atoms with Gasteiger partial charge in [-0.1, -0.05) is 32.6 Å². The van der Waals surface area contributed by atoms with Crippen molar-refractivity contribution in [3.05, 3.63) is 36.0 Å². The van der Waals surface area contributed by atoms with Crippen LogP contribution < -0.4 is 0 Å². The van der Waals surface area contributed by atoms with Gasteiger partial charge in [-0.2, -0.15) is 0 Å². The molecule has 0 fully saturated rings. The highest BCUT2D eigenvalue weighted by molar-refractivity contribution is 6.00. The van der Waals surface area contributed by atoms with Crippen LogP contribution in [0.25, 0.3) is 0 Å². The number of hydrogen-bond acceptors (Lipinski definition) is 4. The number of ketones is 1. The molecule has 0 heterocycles. The summed E-state index contributed by atoms with van der Waals surface area (Å²) in [6.45, 7) is 14.8. The van der Waals surface area contributed by atoms with E-state index in [2.05, 4.69) is 20.4 Å². The SMILES string of the molecule is C=CC(C)(O)C=CC1=C(C)C(=O)C(OC(C)(C)OC)CC1(C)C. The molecule has 23 heavy (non-hydrogen) atoms. The second-order valence-corrected chi connectivity index (χ2v) is 7.46. The fourth-order valence-electron chi connectivity index (χ4n) is 2.70. The van der Waals surface area contributed by atoms with E-state index in [9.17, 15) is 9.90 Å². The Bertz CT molecular complexity index is 536. The molecule has 1 rings (SSSR count). The van der Waals surface area contributed by atoms with Crippen LogP contribution in [0.3, 0.4) is 0 Å². The first-order valence-electron chi connectivity index (χ1n) is 7.89. The van der Waals surface area contributed by atoms with E-state index >= 15 is 0 Å². The normalized spacial score (nSPS) is 24.9. The Morgan fingerprint density at radius 1 is 1.35 bits per heavy atom. The summed E-state index contributed by atoms with van der Waals surface area (Å²) in [5.41, 5.74) is 0.229. The van der Waals surface area contributed by atoms with Crippen molar-refractivity contribution in [2.45, 2.75) is 65.5 Å². The van der Waals surface area contributed by atoms with Crippen LogP contribution in [0.1, 0.15) is 48.0 Å². The van der Waals surface area contributed by atoms with Crippen LogP contribution in [0.15, 0.2) is 36.0 Å². The summed E-state index contributed by atoms with van der Waals surface area (Å²) in [5.74, 6) is -0.844. The van der Waals surface area contributed by atoms with Crippen LogP contribution in [0.2, 0.25) is 0 Å². The lowest BCUT2D eigenvalue weighted by atomic mass is 9.70. The van der Waals surface area contributed by atoms with Gasteiger partial charge >= 0.3 is 0 Å². The highest BCUT2D eigenvalue weighted by atomic mass is 16.7. The zero-order valence-electron chi connectivity index (χ0n) is 15.4. The van der Waals surface area contributed by atoms with Crippen molar-refractivity contribution in [3.63, 3.8) is 0 Å².